The monoisotopic (exact) mass is 427 g/mol. The van der Waals surface area contributed by atoms with E-state index in [1.165, 1.54) is 23.1 Å². The molecule has 2 heterocycles. The number of carboxylic acids is 1. The summed E-state index contributed by atoms with van der Waals surface area (Å²) < 4.78 is 2.63. The number of carbonyl (C=O) groups excluding carboxylic acids is 1. The summed E-state index contributed by atoms with van der Waals surface area (Å²) in [7, 11) is 0. The second kappa shape index (κ2) is 7.99. The van der Waals surface area contributed by atoms with Crippen molar-refractivity contribution in [2.24, 2.45) is 0 Å². The van der Waals surface area contributed by atoms with Gasteiger partial charge in [0.05, 0.1) is 6.54 Å². The van der Waals surface area contributed by atoms with Gasteiger partial charge in [0.15, 0.2) is 11.5 Å². The fraction of sp³-hybridized carbons (Fsp3) is 0.125. The number of nitrogens with zero attached hydrogens (tertiary/aromatic N) is 4. The van der Waals surface area contributed by atoms with Crippen molar-refractivity contribution in [1.29, 1.82) is 0 Å². The zero-order chi connectivity index (χ0) is 19.6. The summed E-state index contributed by atoms with van der Waals surface area (Å²) >= 11 is 18.4. The number of aliphatic carboxylic acids is 1. The maximum atomic E-state index is 12.3. The highest BCUT2D eigenvalue weighted by atomic mass is 35.5. The molecule has 0 radical (unpaired) electrons. The van der Waals surface area contributed by atoms with Crippen LogP contribution in [0.2, 0.25) is 15.1 Å². The van der Waals surface area contributed by atoms with Gasteiger partial charge in [-0.1, -0.05) is 40.9 Å². The molecule has 0 aliphatic heterocycles. The number of nitrogens with one attached hydrogen (secondary N) is 1. The number of rotatable bonds is 6. The number of carbonyl (C=O) groups is 2. The van der Waals surface area contributed by atoms with Gasteiger partial charge in [-0.05, 0) is 18.2 Å². The highest BCUT2D eigenvalue weighted by Crippen LogP contribution is 2.27. The molecule has 0 spiro atoms. The van der Waals surface area contributed by atoms with Crippen molar-refractivity contribution < 1.29 is 14.7 Å². The van der Waals surface area contributed by atoms with Crippen LogP contribution in [0, 0.1) is 0 Å². The van der Waals surface area contributed by atoms with Crippen LogP contribution in [0.15, 0.2) is 36.7 Å². The molecule has 8 nitrogen and oxygen atoms in total. The van der Waals surface area contributed by atoms with E-state index in [0.29, 0.717) is 15.6 Å². The molecule has 140 valence electrons. The topological polar surface area (TPSA) is 102 Å². The molecule has 1 aromatic carbocycles. The van der Waals surface area contributed by atoms with Crippen LogP contribution in [-0.2, 0) is 17.9 Å². The predicted molar refractivity (Wildman–Crippen MR) is 101 cm³/mol. The van der Waals surface area contributed by atoms with Gasteiger partial charge in [-0.2, -0.15) is 10.2 Å². The minimum Gasteiger partial charge on any atom is -0.480 e. The molecule has 0 atom stereocenters. The first-order valence-corrected chi connectivity index (χ1v) is 8.69. The van der Waals surface area contributed by atoms with Gasteiger partial charge in [0.1, 0.15) is 11.6 Å². The number of benzene rings is 1. The third-order valence-electron chi connectivity index (χ3n) is 3.50. The van der Waals surface area contributed by atoms with Crippen molar-refractivity contribution in [3.8, 4) is 0 Å². The first kappa shape index (κ1) is 19.2. The molecule has 2 aromatic heterocycles. The SMILES string of the molecule is O=C(O)Cn1ccc(C(=O)Nc2nn(Cc3c(Cl)cccc3Cl)cc2Cl)n1. The highest BCUT2D eigenvalue weighted by molar-refractivity contribution is 6.36. The lowest BCUT2D eigenvalue weighted by atomic mass is 10.2. The van der Waals surface area contributed by atoms with Crippen LogP contribution in [0.5, 0.6) is 0 Å². The average molecular weight is 429 g/mol. The lowest BCUT2D eigenvalue weighted by molar-refractivity contribution is -0.137. The zero-order valence-corrected chi connectivity index (χ0v) is 15.8. The molecule has 0 aliphatic rings. The van der Waals surface area contributed by atoms with Gasteiger partial charge in [-0.3, -0.25) is 19.0 Å². The Labute approximate surface area is 168 Å². The normalized spacial score (nSPS) is 10.8. The molecule has 3 rings (SSSR count). The molecule has 0 saturated carbocycles. The molecule has 27 heavy (non-hydrogen) atoms. The summed E-state index contributed by atoms with van der Waals surface area (Å²) in [6.07, 6.45) is 2.92. The molecule has 11 heteroatoms. The van der Waals surface area contributed by atoms with Crippen LogP contribution < -0.4 is 5.32 Å². The van der Waals surface area contributed by atoms with Crippen LogP contribution in [0.3, 0.4) is 0 Å². The van der Waals surface area contributed by atoms with Crippen LogP contribution in [-0.4, -0.2) is 36.5 Å². The van der Waals surface area contributed by atoms with E-state index < -0.39 is 11.9 Å². The highest BCUT2D eigenvalue weighted by Gasteiger charge is 2.16. The summed E-state index contributed by atoms with van der Waals surface area (Å²) in [4.78, 5) is 22.9. The number of halogens is 3. The quantitative estimate of drug-likeness (QED) is 0.626. The van der Waals surface area contributed by atoms with Crippen molar-refractivity contribution in [3.63, 3.8) is 0 Å². The van der Waals surface area contributed by atoms with Gasteiger partial charge in [-0.25, -0.2) is 0 Å². The minimum atomic E-state index is -1.06. The minimum absolute atomic E-state index is 0.0380. The maximum absolute atomic E-state index is 12.3. The van der Waals surface area contributed by atoms with Crippen molar-refractivity contribution in [2.45, 2.75) is 13.1 Å². The van der Waals surface area contributed by atoms with E-state index in [1.54, 1.807) is 18.2 Å². The Morgan fingerprint density at radius 1 is 1.04 bits per heavy atom. The second-order valence-electron chi connectivity index (χ2n) is 5.47. The number of hydrogen-bond acceptors (Lipinski definition) is 4. The molecule has 3 aromatic rings. The van der Waals surface area contributed by atoms with Gasteiger partial charge in [0.25, 0.3) is 5.91 Å². The molecule has 0 aliphatic carbocycles. The molecular formula is C16H12Cl3N5O3. The van der Waals surface area contributed by atoms with Crippen LogP contribution in [0.25, 0.3) is 0 Å². The Hall–Kier alpha value is -2.55. The number of hydrogen-bond donors (Lipinski definition) is 2. The van der Waals surface area contributed by atoms with E-state index in [0.717, 1.165) is 4.68 Å². The summed E-state index contributed by atoms with van der Waals surface area (Å²) in [5.41, 5.74) is 0.710. The maximum Gasteiger partial charge on any atom is 0.325 e. The number of carboxylic acid groups (broad SMARTS) is 1. The lowest BCUT2D eigenvalue weighted by Crippen LogP contribution is -2.15. The van der Waals surface area contributed by atoms with E-state index in [2.05, 4.69) is 15.5 Å². The average Bonchev–Trinajstić information content (AvgIpc) is 3.18. The summed E-state index contributed by atoms with van der Waals surface area (Å²) in [6.45, 7) is -0.0808. The molecular weight excluding hydrogens is 417 g/mol. The Morgan fingerprint density at radius 2 is 1.74 bits per heavy atom. The Balaban J connectivity index is 1.74. The third kappa shape index (κ3) is 4.60. The number of amides is 1. The van der Waals surface area contributed by atoms with E-state index >= 15 is 0 Å². The van der Waals surface area contributed by atoms with E-state index in [9.17, 15) is 9.59 Å². The van der Waals surface area contributed by atoms with Gasteiger partial charge in [0.2, 0.25) is 0 Å². The molecule has 0 unspecified atom stereocenters. The Bertz CT molecular complexity index is 994. The lowest BCUT2D eigenvalue weighted by Gasteiger charge is -2.06. The largest absolute Gasteiger partial charge is 0.480 e. The first-order valence-electron chi connectivity index (χ1n) is 7.56. The number of anilines is 1. The standard InChI is InChI=1S/C16H12Cl3N5O3/c17-10-2-1-3-11(18)9(10)6-24-7-12(19)15(22-24)20-16(27)13-4-5-23(21-13)8-14(25)26/h1-5,7H,6,8H2,(H,25,26)(H,20,22,27). The van der Waals surface area contributed by atoms with Crippen LogP contribution >= 0.6 is 34.8 Å². The molecule has 0 fully saturated rings. The molecule has 2 N–H and O–H groups in total. The van der Waals surface area contributed by atoms with Gasteiger partial charge in [0, 0.05) is 28.0 Å². The Kier molecular flexibility index (Phi) is 5.69. The van der Waals surface area contributed by atoms with E-state index in [-0.39, 0.29) is 29.6 Å². The molecule has 0 bridgehead atoms. The van der Waals surface area contributed by atoms with Crippen molar-refractivity contribution in [1.82, 2.24) is 19.6 Å². The molecule has 1 amide bonds. The van der Waals surface area contributed by atoms with Crippen molar-refractivity contribution in [3.05, 3.63) is 63.0 Å². The van der Waals surface area contributed by atoms with Gasteiger partial charge < -0.3 is 10.4 Å². The third-order valence-corrected chi connectivity index (χ3v) is 4.49. The summed E-state index contributed by atoms with van der Waals surface area (Å²) in [5.74, 6) is -1.50. The van der Waals surface area contributed by atoms with E-state index in [4.69, 9.17) is 39.9 Å². The second-order valence-corrected chi connectivity index (χ2v) is 6.69. The van der Waals surface area contributed by atoms with Gasteiger partial charge in [-0.15, -0.1) is 0 Å². The summed E-state index contributed by atoms with van der Waals surface area (Å²) in [6, 6.07) is 6.56. The zero-order valence-electron chi connectivity index (χ0n) is 13.6. The van der Waals surface area contributed by atoms with Gasteiger partial charge >= 0.3 is 5.97 Å². The number of aromatic nitrogens is 4. The Morgan fingerprint density at radius 3 is 2.41 bits per heavy atom. The van der Waals surface area contributed by atoms with Crippen LogP contribution in [0.1, 0.15) is 16.1 Å². The van der Waals surface area contributed by atoms with Crippen LogP contribution in [0.4, 0.5) is 5.82 Å². The smallest absolute Gasteiger partial charge is 0.325 e. The van der Waals surface area contributed by atoms with E-state index in [1.807, 2.05) is 0 Å². The van der Waals surface area contributed by atoms with Crippen molar-refractivity contribution in [2.75, 3.05) is 5.32 Å². The fourth-order valence-electron chi connectivity index (χ4n) is 2.29. The summed E-state index contributed by atoms with van der Waals surface area (Å²) in [5, 5.41) is 20.6. The van der Waals surface area contributed by atoms with Crippen molar-refractivity contribution >= 4 is 52.5 Å². The predicted octanol–water partition coefficient (Wildman–Crippen LogP) is 3.43. The fourth-order valence-corrected chi connectivity index (χ4v) is 3.00. The molecule has 0 saturated heterocycles. The first-order chi connectivity index (χ1) is 12.8.